The number of ether oxygens (including phenoxy) is 1. The van der Waals surface area contributed by atoms with Gasteiger partial charge < -0.3 is 29.7 Å². The average molecular weight is 472 g/mol. The van der Waals surface area contributed by atoms with Crippen LogP contribution in [0, 0.1) is 11.6 Å². The van der Waals surface area contributed by atoms with E-state index in [0.717, 1.165) is 18.1 Å². The molecule has 3 atom stereocenters. The minimum Gasteiger partial charge on any atom is -0.378 e. The molecule has 34 heavy (non-hydrogen) atoms. The molecule has 3 aromatic rings. The van der Waals surface area contributed by atoms with Crippen LogP contribution in [0.5, 0.6) is 0 Å². The van der Waals surface area contributed by atoms with Crippen molar-refractivity contribution in [3.63, 3.8) is 0 Å². The van der Waals surface area contributed by atoms with Gasteiger partial charge in [0.25, 0.3) is 0 Å². The van der Waals surface area contributed by atoms with Gasteiger partial charge in [0.2, 0.25) is 0 Å². The van der Waals surface area contributed by atoms with Crippen LogP contribution in [-0.4, -0.2) is 52.1 Å². The molecule has 12 heteroatoms. The first kappa shape index (κ1) is 22.4. The first-order chi connectivity index (χ1) is 16.3. The Bertz CT molecular complexity index is 1180. The maximum absolute atomic E-state index is 14.8. The minimum absolute atomic E-state index is 0.0535. The van der Waals surface area contributed by atoms with Crippen molar-refractivity contribution in [2.75, 3.05) is 41.0 Å². The van der Waals surface area contributed by atoms with E-state index in [4.69, 9.17) is 21.2 Å². The van der Waals surface area contributed by atoms with Gasteiger partial charge in [0, 0.05) is 38.0 Å². The molecule has 0 radical (unpaired) electrons. The van der Waals surface area contributed by atoms with Crippen LogP contribution in [0.25, 0.3) is 0 Å². The number of aryl methyl sites for hydroxylation is 1. The normalized spacial score (nSPS) is 21.5. The van der Waals surface area contributed by atoms with Gasteiger partial charge in [-0.1, -0.05) is 0 Å². The van der Waals surface area contributed by atoms with E-state index in [2.05, 4.69) is 14.9 Å². The zero-order chi connectivity index (χ0) is 24.0. The second-order valence-corrected chi connectivity index (χ2v) is 8.45. The van der Waals surface area contributed by atoms with Crippen LogP contribution in [-0.2, 0) is 11.8 Å². The molecule has 4 N–H and O–H groups in total. The molecule has 2 aliphatic heterocycles. The Labute approximate surface area is 195 Å². The molecular formula is C22H27F2N9O. The van der Waals surface area contributed by atoms with Gasteiger partial charge in [-0.2, -0.15) is 0 Å². The van der Waals surface area contributed by atoms with E-state index in [1.165, 1.54) is 0 Å². The first-order valence-corrected chi connectivity index (χ1v) is 11.1. The van der Waals surface area contributed by atoms with E-state index in [9.17, 15) is 8.78 Å². The van der Waals surface area contributed by atoms with Crippen LogP contribution in [0.3, 0.4) is 0 Å². The van der Waals surface area contributed by atoms with Crippen molar-refractivity contribution in [3.05, 3.63) is 59.8 Å². The largest absolute Gasteiger partial charge is 0.378 e. The summed E-state index contributed by atoms with van der Waals surface area (Å²) in [7, 11) is 1.85. The summed E-state index contributed by atoms with van der Waals surface area (Å²) in [4.78, 5) is 19.0. The zero-order valence-electron chi connectivity index (χ0n) is 19.0. The summed E-state index contributed by atoms with van der Waals surface area (Å²) in [5, 5.41) is 0. The van der Waals surface area contributed by atoms with Crippen molar-refractivity contribution in [1.82, 2.24) is 19.5 Å². The molecule has 5 rings (SSSR count). The van der Waals surface area contributed by atoms with Gasteiger partial charge in [-0.05, 0) is 19.1 Å². The molecule has 0 aromatic carbocycles. The van der Waals surface area contributed by atoms with Gasteiger partial charge >= 0.3 is 0 Å². The van der Waals surface area contributed by atoms with Gasteiger partial charge in [-0.15, -0.1) is 0 Å². The van der Waals surface area contributed by atoms with Crippen molar-refractivity contribution in [1.29, 1.82) is 0 Å². The Kier molecular flexibility index (Phi) is 5.80. The van der Waals surface area contributed by atoms with Crippen LogP contribution in [0.4, 0.5) is 26.2 Å². The number of anilines is 3. The lowest BCUT2D eigenvalue weighted by Gasteiger charge is -2.48. The number of hydrogen-bond acceptors (Lipinski definition) is 9. The molecule has 3 aromatic heterocycles. The number of halogens is 2. The van der Waals surface area contributed by atoms with Gasteiger partial charge in [0.05, 0.1) is 37.5 Å². The van der Waals surface area contributed by atoms with E-state index in [-0.39, 0.29) is 5.69 Å². The molecule has 2 unspecified atom stereocenters. The number of hydrogen-bond donors (Lipinski definition) is 2. The highest BCUT2D eigenvalue weighted by atomic mass is 19.1. The van der Waals surface area contributed by atoms with Gasteiger partial charge in [0.1, 0.15) is 29.4 Å². The van der Waals surface area contributed by atoms with E-state index in [1.807, 2.05) is 19.2 Å². The fourth-order valence-electron chi connectivity index (χ4n) is 4.52. The third kappa shape index (κ3) is 3.83. The fraction of sp³-hybridized carbons (Fsp3) is 0.409. The summed E-state index contributed by atoms with van der Waals surface area (Å²) in [5.41, 5.74) is 14.2. The van der Waals surface area contributed by atoms with Crippen molar-refractivity contribution in [2.24, 2.45) is 18.5 Å². The maximum Gasteiger partial charge on any atom is 0.159 e. The number of nitrogens with zero attached hydrogens (tertiary/aromatic N) is 7. The van der Waals surface area contributed by atoms with Crippen LogP contribution in [0.2, 0.25) is 0 Å². The van der Waals surface area contributed by atoms with Crippen molar-refractivity contribution < 1.29 is 13.5 Å². The van der Waals surface area contributed by atoms with E-state index >= 15 is 0 Å². The molecule has 5 heterocycles. The Morgan fingerprint density at radius 3 is 2.56 bits per heavy atom. The highest BCUT2D eigenvalue weighted by Gasteiger charge is 2.41. The first-order valence-electron chi connectivity index (χ1n) is 11.1. The third-order valence-electron chi connectivity index (χ3n) is 6.26. The minimum atomic E-state index is -0.842. The molecular weight excluding hydrogens is 444 g/mol. The van der Waals surface area contributed by atoms with E-state index in [1.54, 1.807) is 33.8 Å². The maximum atomic E-state index is 14.8. The smallest absolute Gasteiger partial charge is 0.159 e. The number of nitrogens with two attached hydrogens (primary N) is 2. The molecule has 10 nitrogen and oxygen atoms in total. The zero-order valence-corrected chi connectivity index (χ0v) is 19.0. The summed E-state index contributed by atoms with van der Waals surface area (Å²) in [6.45, 7) is 4.37. The quantitative estimate of drug-likeness (QED) is 0.586. The van der Waals surface area contributed by atoms with E-state index in [0.29, 0.717) is 43.5 Å². The molecule has 180 valence electrons. The molecule has 1 saturated heterocycles. The summed E-state index contributed by atoms with van der Waals surface area (Å²) >= 11 is 0. The SMILES string of the molecule is C[C@@H](c1ncc(F)cc1F)N1c2nc(N3CCOCC3)ccc2C(N)N(c2cn(C)cn2)C1N. The molecule has 0 saturated carbocycles. The number of morpholine rings is 1. The van der Waals surface area contributed by atoms with Gasteiger partial charge in [-0.3, -0.25) is 10.7 Å². The number of fused-ring (bicyclic) bond motifs is 1. The van der Waals surface area contributed by atoms with Crippen molar-refractivity contribution in [3.8, 4) is 0 Å². The lowest BCUT2D eigenvalue weighted by molar-refractivity contribution is 0.122. The molecule has 0 aliphatic carbocycles. The van der Waals surface area contributed by atoms with Crippen LogP contribution >= 0.6 is 0 Å². The van der Waals surface area contributed by atoms with Gasteiger partial charge in [0.15, 0.2) is 12.1 Å². The monoisotopic (exact) mass is 471 g/mol. The number of pyridine rings is 2. The molecule has 2 aliphatic rings. The summed E-state index contributed by atoms with van der Waals surface area (Å²) in [5.74, 6) is 0.327. The topological polar surface area (TPSA) is 115 Å². The highest BCUT2D eigenvalue weighted by molar-refractivity contribution is 5.63. The predicted octanol–water partition coefficient (Wildman–Crippen LogP) is 1.61. The third-order valence-corrected chi connectivity index (χ3v) is 6.26. The average Bonchev–Trinajstić information content (AvgIpc) is 3.25. The number of rotatable bonds is 4. The van der Waals surface area contributed by atoms with Crippen LogP contribution < -0.4 is 26.2 Å². The van der Waals surface area contributed by atoms with Crippen molar-refractivity contribution in [2.45, 2.75) is 25.4 Å². The van der Waals surface area contributed by atoms with Gasteiger partial charge in [-0.25, -0.2) is 18.7 Å². The number of aromatic nitrogens is 4. The fourth-order valence-corrected chi connectivity index (χ4v) is 4.52. The summed E-state index contributed by atoms with van der Waals surface area (Å²) in [6, 6.07) is 3.96. The van der Waals surface area contributed by atoms with Crippen LogP contribution in [0.1, 0.15) is 30.4 Å². The second-order valence-electron chi connectivity index (χ2n) is 8.45. The second kappa shape index (κ2) is 8.78. The predicted molar refractivity (Wildman–Crippen MR) is 123 cm³/mol. The van der Waals surface area contributed by atoms with E-state index < -0.39 is 30.1 Å². The molecule has 0 amide bonds. The van der Waals surface area contributed by atoms with Crippen molar-refractivity contribution >= 4 is 17.5 Å². The lowest BCUT2D eigenvalue weighted by Crippen LogP contribution is -2.62. The van der Waals surface area contributed by atoms with Crippen LogP contribution in [0.15, 0.2) is 36.9 Å². The molecule has 1 fully saturated rings. The highest BCUT2D eigenvalue weighted by Crippen LogP contribution is 2.41. The Morgan fingerprint density at radius 2 is 1.88 bits per heavy atom. The Balaban J connectivity index is 1.63. The number of imidazole rings is 1. The summed E-state index contributed by atoms with van der Waals surface area (Å²) < 4.78 is 35.6. The molecule has 0 spiro atoms. The Morgan fingerprint density at radius 1 is 1.12 bits per heavy atom. The summed E-state index contributed by atoms with van der Waals surface area (Å²) in [6.07, 6.45) is 2.97. The Hall–Kier alpha value is -3.35. The molecule has 0 bridgehead atoms. The standard InChI is InChI=1S/C22H27F2N9O/c1-13(19-16(24)9-14(23)10-27-19)32-21-15(3-4-17(29-21)31-5-7-34-8-6-31)20(25)33(22(32)26)18-11-30(2)12-28-18/h3-4,9-13,20,22H,5-8,25-26H2,1-2H3/t13-,20?,22?/m0/s1. The lowest BCUT2D eigenvalue weighted by atomic mass is 10.1.